The lowest BCUT2D eigenvalue weighted by molar-refractivity contribution is 0.0948. The standard InChI is InChI=1S/C13H22N4OS/c1-9(2)12-16-8-10(14)11(17-12)13(18)15-6-4-5-7-19-3/h8-9H,4-7,14H2,1-3H3,(H,15,18). The maximum atomic E-state index is 12.0. The van der Waals surface area contributed by atoms with E-state index in [2.05, 4.69) is 21.5 Å². The molecule has 0 aromatic carbocycles. The smallest absolute Gasteiger partial charge is 0.272 e. The number of hydrogen-bond donors (Lipinski definition) is 2. The summed E-state index contributed by atoms with van der Waals surface area (Å²) in [6.45, 7) is 4.62. The van der Waals surface area contributed by atoms with Gasteiger partial charge in [-0.2, -0.15) is 11.8 Å². The zero-order valence-electron chi connectivity index (χ0n) is 11.8. The quantitative estimate of drug-likeness (QED) is 0.748. The van der Waals surface area contributed by atoms with Crippen molar-refractivity contribution < 1.29 is 4.79 Å². The van der Waals surface area contributed by atoms with Crippen molar-refractivity contribution in [3.63, 3.8) is 0 Å². The first-order chi connectivity index (χ1) is 9.06. The summed E-state index contributed by atoms with van der Waals surface area (Å²) in [5.74, 6) is 1.71. The largest absolute Gasteiger partial charge is 0.396 e. The van der Waals surface area contributed by atoms with Crippen molar-refractivity contribution in [2.75, 3.05) is 24.3 Å². The third-order valence-corrected chi connectivity index (χ3v) is 3.32. The molecule has 0 atom stereocenters. The number of nitrogens with zero attached hydrogens (tertiary/aromatic N) is 2. The van der Waals surface area contributed by atoms with Crippen LogP contribution in [-0.2, 0) is 0 Å². The molecule has 1 heterocycles. The molecule has 106 valence electrons. The van der Waals surface area contributed by atoms with E-state index in [1.165, 1.54) is 6.20 Å². The van der Waals surface area contributed by atoms with Crippen LogP contribution in [0, 0.1) is 0 Å². The summed E-state index contributed by atoms with van der Waals surface area (Å²) in [5.41, 5.74) is 6.36. The molecule has 1 rings (SSSR count). The van der Waals surface area contributed by atoms with Crippen molar-refractivity contribution in [1.29, 1.82) is 0 Å². The molecular formula is C13H22N4OS. The Balaban J connectivity index is 2.58. The second kappa shape index (κ2) is 7.99. The third kappa shape index (κ3) is 5.06. The van der Waals surface area contributed by atoms with E-state index < -0.39 is 0 Å². The predicted octanol–water partition coefficient (Wildman–Crippen LogP) is 2.06. The summed E-state index contributed by atoms with van der Waals surface area (Å²) in [6.07, 6.45) is 5.64. The van der Waals surface area contributed by atoms with Crippen LogP contribution in [0.1, 0.15) is 48.9 Å². The van der Waals surface area contributed by atoms with Gasteiger partial charge in [0.15, 0.2) is 5.69 Å². The Hall–Kier alpha value is -1.30. The molecule has 0 radical (unpaired) electrons. The molecule has 19 heavy (non-hydrogen) atoms. The van der Waals surface area contributed by atoms with Crippen molar-refractivity contribution in [1.82, 2.24) is 15.3 Å². The average molecular weight is 282 g/mol. The van der Waals surface area contributed by atoms with E-state index in [-0.39, 0.29) is 17.5 Å². The number of carbonyl (C=O) groups excluding carboxylic acids is 1. The fraction of sp³-hybridized carbons (Fsp3) is 0.615. The molecule has 0 bridgehead atoms. The lowest BCUT2D eigenvalue weighted by atomic mass is 10.2. The Labute approximate surface area is 118 Å². The van der Waals surface area contributed by atoms with Gasteiger partial charge in [0.25, 0.3) is 5.91 Å². The molecule has 3 N–H and O–H groups in total. The van der Waals surface area contributed by atoms with Crippen LogP contribution >= 0.6 is 11.8 Å². The number of thioether (sulfide) groups is 1. The highest BCUT2D eigenvalue weighted by molar-refractivity contribution is 7.98. The zero-order valence-corrected chi connectivity index (χ0v) is 12.6. The minimum Gasteiger partial charge on any atom is -0.396 e. The topological polar surface area (TPSA) is 80.9 Å². The van der Waals surface area contributed by atoms with Crippen LogP contribution in [0.5, 0.6) is 0 Å². The number of aromatic nitrogens is 2. The van der Waals surface area contributed by atoms with Gasteiger partial charge in [0, 0.05) is 12.5 Å². The number of unbranched alkanes of at least 4 members (excludes halogenated alkanes) is 1. The highest BCUT2D eigenvalue weighted by Gasteiger charge is 2.14. The number of carbonyl (C=O) groups is 1. The number of anilines is 1. The first-order valence-corrected chi connectivity index (χ1v) is 7.85. The number of nitrogens with two attached hydrogens (primary N) is 1. The van der Waals surface area contributed by atoms with Gasteiger partial charge in [-0.1, -0.05) is 13.8 Å². The molecule has 5 nitrogen and oxygen atoms in total. The normalized spacial score (nSPS) is 10.7. The summed E-state index contributed by atoms with van der Waals surface area (Å²) in [7, 11) is 0. The fourth-order valence-corrected chi connectivity index (χ4v) is 2.01. The van der Waals surface area contributed by atoms with Gasteiger partial charge in [0.2, 0.25) is 0 Å². The minimum absolute atomic E-state index is 0.175. The van der Waals surface area contributed by atoms with E-state index in [0.29, 0.717) is 18.1 Å². The van der Waals surface area contributed by atoms with Gasteiger partial charge in [-0.25, -0.2) is 9.97 Å². The highest BCUT2D eigenvalue weighted by atomic mass is 32.2. The minimum atomic E-state index is -0.217. The molecule has 0 aliphatic heterocycles. The molecule has 1 aromatic rings. The summed E-state index contributed by atoms with van der Waals surface area (Å²) >= 11 is 1.81. The van der Waals surface area contributed by atoms with Gasteiger partial charge in [-0.05, 0) is 24.9 Å². The molecule has 1 amide bonds. The molecule has 0 aliphatic rings. The van der Waals surface area contributed by atoms with E-state index in [1.54, 1.807) is 0 Å². The highest BCUT2D eigenvalue weighted by Crippen LogP contribution is 2.13. The summed E-state index contributed by atoms with van der Waals surface area (Å²) in [4.78, 5) is 20.3. The van der Waals surface area contributed by atoms with Crippen LogP contribution in [0.4, 0.5) is 5.69 Å². The Bertz CT molecular complexity index is 423. The predicted molar refractivity (Wildman–Crippen MR) is 80.5 cm³/mol. The first-order valence-electron chi connectivity index (χ1n) is 6.45. The van der Waals surface area contributed by atoms with Crippen LogP contribution in [0.2, 0.25) is 0 Å². The summed E-state index contributed by atoms with van der Waals surface area (Å²) in [5, 5.41) is 2.85. The van der Waals surface area contributed by atoms with E-state index in [9.17, 15) is 4.79 Å². The van der Waals surface area contributed by atoms with Gasteiger partial charge in [0.1, 0.15) is 5.82 Å². The second-order valence-corrected chi connectivity index (χ2v) is 5.63. The van der Waals surface area contributed by atoms with Crippen LogP contribution in [-0.4, -0.2) is 34.4 Å². The van der Waals surface area contributed by atoms with Crippen molar-refractivity contribution in [2.24, 2.45) is 0 Å². The van der Waals surface area contributed by atoms with Gasteiger partial charge in [0.05, 0.1) is 11.9 Å². The van der Waals surface area contributed by atoms with Crippen molar-refractivity contribution in [3.8, 4) is 0 Å². The SMILES string of the molecule is CSCCCCNC(=O)c1nc(C(C)C)ncc1N. The third-order valence-electron chi connectivity index (χ3n) is 2.63. The van der Waals surface area contributed by atoms with Gasteiger partial charge in [-0.15, -0.1) is 0 Å². The number of hydrogen-bond acceptors (Lipinski definition) is 5. The number of rotatable bonds is 7. The van der Waals surface area contributed by atoms with Gasteiger partial charge < -0.3 is 11.1 Å². The lowest BCUT2D eigenvalue weighted by Gasteiger charge is -2.09. The molecule has 0 saturated heterocycles. The van der Waals surface area contributed by atoms with Crippen LogP contribution in [0.25, 0.3) is 0 Å². The maximum absolute atomic E-state index is 12.0. The van der Waals surface area contributed by atoms with E-state index in [0.717, 1.165) is 18.6 Å². The summed E-state index contributed by atoms with van der Waals surface area (Å²) < 4.78 is 0. The van der Waals surface area contributed by atoms with Crippen LogP contribution in [0.15, 0.2) is 6.20 Å². The van der Waals surface area contributed by atoms with Crippen molar-refractivity contribution in [2.45, 2.75) is 32.6 Å². The van der Waals surface area contributed by atoms with Gasteiger partial charge >= 0.3 is 0 Å². The molecular weight excluding hydrogens is 260 g/mol. The lowest BCUT2D eigenvalue weighted by Crippen LogP contribution is -2.27. The average Bonchev–Trinajstić information content (AvgIpc) is 2.38. The van der Waals surface area contributed by atoms with E-state index >= 15 is 0 Å². The maximum Gasteiger partial charge on any atom is 0.272 e. The monoisotopic (exact) mass is 282 g/mol. The molecule has 6 heteroatoms. The Morgan fingerprint density at radius 1 is 1.47 bits per heavy atom. The first kappa shape index (κ1) is 15.8. The molecule has 0 aliphatic carbocycles. The van der Waals surface area contributed by atoms with Crippen molar-refractivity contribution >= 4 is 23.4 Å². The van der Waals surface area contributed by atoms with Gasteiger partial charge in [-0.3, -0.25) is 4.79 Å². The number of amides is 1. The molecule has 0 saturated carbocycles. The van der Waals surface area contributed by atoms with Crippen LogP contribution < -0.4 is 11.1 Å². The summed E-state index contributed by atoms with van der Waals surface area (Å²) in [6, 6.07) is 0. The molecule has 0 fully saturated rings. The van der Waals surface area contributed by atoms with Crippen molar-refractivity contribution in [3.05, 3.63) is 17.7 Å². The van der Waals surface area contributed by atoms with Crippen LogP contribution in [0.3, 0.4) is 0 Å². The molecule has 0 spiro atoms. The van der Waals surface area contributed by atoms with E-state index in [4.69, 9.17) is 5.73 Å². The zero-order chi connectivity index (χ0) is 14.3. The number of nitrogens with one attached hydrogen (secondary N) is 1. The second-order valence-electron chi connectivity index (χ2n) is 4.64. The Morgan fingerprint density at radius 2 is 2.21 bits per heavy atom. The van der Waals surface area contributed by atoms with E-state index in [1.807, 2.05) is 25.6 Å². The fourth-order valence-electron chi connectivity index (χ4n) is 1.52. The number of nitrogen functional groups attached to an aromatic ring is 1. The molecule has 0 unspecified atom stereocenters. The Morgan fingerprint density at radius 3 is 2.84 bits per heavy atom. The Kier molecular flexibility index (Phi) is 6.62. The molecule has 1 aromatic heterocycles.